The van der Waals surface area contributed by atoms with Gasteiger partial charge in [0.05, 0.1) is 5.69 Å². The summed E-state index contributed by atoms with van der Waals surface area (Å²) in [5.41, 5.74) is 1.08. The molecule has 1 aromatic carbocycles. The predicted octanol–water partition coefficient (Wildman–Crippen LogP) is 3.25. The third-order valence-corrected chi connectivity index (χ3v) is 5.32. The van der Waals surface area contributed by atoms with Crippen LogP contribution < -0.4 is 10.6 Å². The average Bonchev–Trinajstić information content (AvgIpc) is 3.26. The van der Waals surface area contributed by atoms with Gasteiger partial charge in [-0.05, 0) is 42.8 Å². The molecule has 2 aromatic heterocycles. The number of carbonyl (C=O) groups excluding carboxylic acids is 2. The van der Waals surface area contributed by atoms with Gasteiger partial charge in [0.25, 0.3) is 5.91 Å². The summed E-state index contributed by atoms with van der Waals surface area (Å²) in [6.45, 7) is 0.543. The van der Waals surface area contributed by atoms with Crippen LogP contribution in [0, 0.1) is 5.92 Å². The van der Waals surface area contributed by atoms with E-state index >= 15 is 0 Å². The summed E-state index contributed by atoms with van der Waals surface area (Å²) < 4.78 is 1.61. The van der Waals surface area contributed by atoms with E-state index in [1.165, 1.54) is 4.88 Å². The van der Waals surface area contributed by atoms with Crippen LogP contribution in [0.4, 0.5) is 5.82 Å². The maximum absolute atomic E-state index is 12.5. The average molecular weight is 380 g/mol. The molecule has 6 nitrogen and oxygen atoms in total. The molecule has 3 aromatic rings. The van der Waals surface area contributed by atoms with Crippen molar-refractivity contribution in [2.45, 2.75) is 19.3 Å². The quantitative estimate of drug-likeness (QED) is 0.661. The van der Waals surface area contributed by atoms with Gasteiger partial charge in [0.1, 0.15) is 5.82 Å². The van der Waals surface area contributed by atoms with Crippen LogP contribution in [0.2, 0.25) is 0 Å². The number of hydrogen-bond acceptors (Lipinski definition) is 4. The maximum Gasteiger partial charge on any atom is 0.271 e. The standard InChI is InChI=1S/C20H20N4O2S/c25-19(14-8-9-14)22-18-13-17(23-24(18)15-5-2-1-3-6-15)20(26)21-11-10-16-7-4-12-27-16/h1-7,12-14H,8-11H2,(H,21,26)(H,22,25). The van der Waals surface area contributed by atoms with Crippen LogP contribution in [0.25, 0.3) is 5.69 Å². The van der Waals surface area contributed by atoms with Gasteiger partial charge in [-0.3, -0.25) is 9.59 Å². The summed E-state index contributed by atoms with van der Waals surface area (Å²) in [6, 6.07) is 15.1. The molecular formula is C20H20N4O2S. The third-order valence-electron chi connectivity index (χ3n) is 4.38. The van der Waals surface area contributed by atoms with Crippen molar-refractivity contribution in [2.24, 2.45) is 5.92 Å². The molecule has 0 spiro atoms. The Kier molecular flexibility index (Phi) is 5.02. The lowest BCUT2D eigenvalue weighted by Gasteiger charge is -2.08. The van der Waals surface area contributed by atoms with Gasteiger partial charge in [-0.2, -0.15) is 5.10 Å². The Labute approximate surface area is 161 Å². The zero-order valence-electron chi connectivity index (χ0n) is 14.7. The van der Waals surface area contributed by atoms with Gasteiger partial charge in [0, 0.05) is 23.4 Å². The van der Waals surface area contributed by atoms with E-state index in [0.29, 0.717) is 12.4 Å². The zero-order chi connectivity index (χ0) is 18.6. The Morgan fingerprint density at radius 3 is 2.67 bits per heavy atom. The van der Waals surface area contributed by atoms with Gasteiger partial charge in [-0.25, -0.2) is 4.68 Å². The van der Waals surface area contributed by atoms with Crippen molar-refractivity contribution >= 4 is 29.0 Å². The molecule has 0 radical (unpaired) electrons. The number of aromatic nitrogens is 2. The smallest absolute Gasteiger partial charge is 0.271 e. The van der Waals surface area contributed by atoms with Gasteiger partial charge >= 0.3 is 0 Å². The van der Waals surface area contributed by atoms with Crippen LogP contribution >= 0.6 is 11.3 Å². The SMILES string of the molecule is O=C(NCCc1cccs1)c1cc(NC(=O)C2CC2)n(-c2ccccc2)n1. The Balaban J connectivity index is 1.50. The number of nitrogens with zero attached hydrogens (tertiary/aromatic N) is 2. The summed E-state index contributed by atoms with van der Waals surface area (Å²) in [6.07, 6.45) is 2.62. The largest absolute Gasteiger partial charge is 0.350 e. The molecule has 2 heterocycles. The molecule has 4 rings (SSSR count). The second kappa shape index (κ2) is 7.75. The first-order valence-electron chi connectivity index (χ1n) is 8.97. The van der Waals surface area contributed by atoms with Crippen LogP contribution in [0.15, 0.2) is 53.9 Å². The number of nitrogens with one attached hydrogen (secondary N) is 2. The molecule has 1 saturated carbocycles. The maximum atomic E-state index is 12.5. The third kappa shape index (κ3) is 4.25. The van der Waals surface area contributed by atoms with Crippen LogP contribution in [-0.4, -0.2) is 28.1 Å². The molecule has 1 aliphatic carbocycles. The fourth-order valence-electron chi connectivity index (χ4n) is 2.77. The lowest BCUT2D eigenvalue weighted by molar-refractivity contribution is -0.117. The van der Waals surface area contributed by atoms with Gasteiger partial charge in [0.2, 0.25) is 5.91 Å². The Morgan fingerprint density at radius 1 is 1.15 bits per heavy atom. The lowest BCUT2D eigenvalue weighted by Crippen LogP contribution is -2.26. The lowest BCUT2D eigenvalue weighted by atomic mass is 10.3. The number of rotatable bonds is 7. The number of carbonyl (C=O) groups is 2. The van der Waals surface area contributed by atoms with Crippen LogP contribution in [0.3, 0.4) is 0 Å². The van der Waals surface area contributed by atoms with E-state index in [1.54, 1.807) is 22.1 Å². The Morgan fingerprint density at radius 2 is 1.96 bits per heavy atom. The van der Waals surface area contributed by atoms with Gasteiger partial charge in [-0.15, -0.1) is 11.3 Å². The van der Waals surface area contributed by atoms with Gasteiger partial charge in [0.15, 0.2) is 5.69 Å². The van der Waals surface area contributed by atoms with E-state index in [0.717, 1.165) is 24.9 Å². The summed E-state index contributed by atoms with van der Waals surface area (Å²) in [4.78, 5) is 25.9. The highest BCUT2D eigenvalue weighted by molar-refractivity contribution is 7.09. The molecule has 1 fully saturated rings. The first-order chi connectivity index (χ1) is 13.2. The van der Waals surface area contributed by atoms with Gasteiger partial charge in [-0.1, -0.05) is 24.3 Å². The Bertz CT molecular complexity index is 930. The molecule has 0 bridgehead atoms. The van der Waals surface area contributed by atoms with Crippen molar-refractivity contribution in [3.05, 3.63) is 64.5 Å². The van der Waals surface area contributed by atoms with Crippen molar-refractivity contribution in [2.75, 3.05) is 11.9 Å². The van der Waals surface area contributed by atoms with Crippen LogP contribution in [0.5, 0.6) is 0 Å². The highest BCUT2D eigenvalue weighted by atomic mass is 32.1. The number of hydrogen-bond donors (Lipinski definition) is 2. The second-order valence-corrected chi connectivity index (χ2v) is 7.54. The minimum absolute atomic E-state index is 0.0169. The Hall–Kier alpha value is -2.93. The summed E-state index contributed by atoms with van der Waals surface area (Å²) in [7, 11) is 0. The first kappa shape index (κ1) is 17.5. The fourth-order valence-corrected chi connectivity index (χ4v) is 3.47. The van der Waals surface area contributed by atoms with Crippen LogP contribution in [0.1, 0.15) is 28.2 Å². The van der Waals surface area contributed by atoms with E-state index < -0.39 is 0 Å². The highest BCUT2D eigenvalue weighted by Gasteiger charge is 2.30. The summed E-state index contributed by atoms with van der Waals surface area (Å²) in [5, 5.41) is 12.2. The van der Waals surface area contributed by atoms with E-state index in [9.17, 15) is 9.59 Å². The van der Waals surface area contributed by atoms with Crippen LogP contribution in [-0.2, 0) is 11.2 Å². The fraction of sp³-hybridized carbons (Fsp3) is 0.250. The van der Waals surface area contributed by atoms with E-state index in [2.05, 4.69) is 15.7 Å². The molecule has 1 aliphatic rings. The first-order valence-corrected chi connectivity index (χ1v) is 9.85. The molecule has 2 amide bonds. The second-order valence-electron chi connectivity index (χ2n) is 6.51. The number of benzene rings is 1. The molecule has 7 heteroatoms. The zero-order valence-corrected chi connectivity index (χ0v) is 15.5. The molecule has 0 saturated heterocycles. The van der Waals surface area contributed by atoms with E-state index in [4.69, 9.17) is 0 Å². The molecule has 138 valence electrons. The van der Waals surface area contributed by atoms with Crippen molar-refractivity contribution in [1.82, 2.24) is 15.1 Å². The molecule has 2 N–H and O–H groups in total. The normalized spacial score (nSPS) is 13.3. The molecular weight excluding hydrogens is 360 g/mol. The summed E-state index contributed by atoms with van der Waals surface area (Å²) >= 11 is 1.67. The monoisotopic (exact) mass is 380 g/mol. The topological polar surface area (TPSA) is 76.0 Å². The molecule has 0 aliphatic heterocycles. The minimum atomic E-state index is -0.247. The van der Waals surface area contributed by atoms with Crippen molar-refractivity contribution in [3.63, 3.8) is 0 Å². The number of anilines is 1. The van der Waals surface area contributed by atoms with E-state index in [-0.39, 0.29) is 23.4 Å². The molecule has 0 unspecified atom stereocenters. The van der Waals surface area contributed by atoms with Crippen molar-refractivity contribution < 1.29 is 9.59 Å². The number of amides is 2. The predicted molar refractivity (Wildman–Crippen MR) is 105 cm³/mol. The number of thiophene rings is 1. The summed E-state index contributed by atoms with van der Waals surface area (Å²) in [5.74, 6) is 0.327. The number of para-hydroxylation sites is 1. The molecule has 27 heavy (non-hydrogen) atoms. The minimum Gasteiger partial charge on any atom is -0.350 e. The van der Waals surface area contributed by atoms with Crippen molar-refractivity contribution in [3.8, 4) is 5.69 Å². The highest BCUT2D eigenvalue weighted by Crippen LogP contribution is 2.30. The molecule has 0 atom stereocenters. The van der Waals surface area contributed by atoms with Crippen molar-refractivity contribution in [1.29, 1.82) is 0 Å². The van der Waals surface area contributed by atoms with E-state index in [1.807, 2.05) is 47.8 Å². The van der Waals surface area contributed by atoms with Gasteiger partial charge < -0.3 is 10.6 Å².